The van der Waals surface area contributed by atoms with Gasteiger partial charge in [0.2, 0.25) is 0 Å². The van der Waals surface area contributed by atoms with Crippen molar-refractivity contribution in [2.24, 2.45) is 5.92 Å². The molecule has 2 nitrogen and oxygen atoms in total. The number of hydrogen-bond donors (Lipinski definition) is 0. The highest BCUT2D eigenvalue weighted by molar-refractivity contribution is 6.60. The summed E-state index contributed by atoms with van der Waals surface area (Å²) in [6.07, 6.45) is 6.39. The fraction of sp³-hybridized carbons (Fsp3) is 1.00. The van der Waals surface area contributed by atoms with Gasteiger partial charge in [-0.3, -0.25) is 0 Å². The lowest BCUT2D eigenvalue weighted by molar-refractivity contribution is 0.00578. The first-order valence-electron chi connectivity index (χ1n) is 6.83. The minimum absolute atomic E-state index is 0.00338. The number of halogens is 1. The summed E-state index contributed by atoms with van der Waals surface area (Å²) in [5.74, 6) is 0.556. The second-order valence-corrected chi connectivity index (χ2v) is 6.97. The molecule has 1 saturated heterocycles. The van der Waals surface area contributed by atoms with Crippen LogP contribution < -0.4 is 0 Å². The van der Waals surface area contributed by atoms with Crippen LogP contribution in [-0.2, 0) is 9.31 Å². The van der Waals surface area contributed by atoms with Gasteiger partial charge in [0.1, 0.15) is 0 Å². The maximum absolute atomic E-state index is 6.57. The lowest BCUT2D eigenvalue weighted by Gasteiger charge is -2.32. The van der Waals surface area contributed by atoms with Gasteiger partial charge in [0.25, 0.3) is 0 Å². The Morgan fingerprint density at radius 2 is 1.47 bits per heavy atom. The van der Waals surface area contributed by atoms with Crippen LogP contribution in [0.1, 0.15) is 59.8 Å². The molecular formula is C13H24BClO2. The smallest absolute Gasteiger partial charge is 0.402 e. The molecular weight excluding hydrogens is 234 g/mol. The SMILES string of the molecule is CC1(C)OB(C(Cl)C2CCCCC2)OC1(C)C. The standard InChI is InChI=1S/C13H24BClO2/c1-12(2)13(3,4)17-14(16-12)11(15)10-8-6-5-7-9-10/h10-11H,5-9H2,1-4H3. The molecule has 2 fully saturated rings. The number of rotatable bonds is 2. The van der Waals surface area contributed by atoms with Crippen molar-refractivity contribution in [2.45, 2.75) is 76.3 Å². The molecule has 0 radical (unpaired) electrons. The summed E-state index contributed by atoms with van der Waals surface area (Å²) in [6.45, 7) is 8.32. The van der Waals surface area contributed by atoms with E-state index in [0.29, 0.717) is 5.92 Å². The van der Waals surface area contributed by atoms with Crippen molar-refractivity contribution in [1.82, 2.24) is 0 Å². The number of hydrogen-bond acceptors (Lipinski definition) is 2. The van der Waals surface area contributed by atoms with Crippen molar-refractivity contribution in [3.63, 3.8) is 0 Å². The van der Waals surface area contributed by atoms with Crippen LogP contribution in [0.15, 0.2) is 0 Å². The van der Waals surface area contributed by atoms with E-state index < -0.39 is 0 Å². The fourth-order valence-corrected chi connectivity index (χ4v) is 3.05. The summed E-state index contributed by atoms with van der Waals surface area (Å²) in [6, 6.07) is 0. The predicted octanol–water partition coefficient (Wildman–Crippen LogP) is 3.81. The highest BCUT2D eigenvalue weighted by atomic mass is 35.5. The topological polar surface area (TPSA) is 18.5 Å². The van der Waals surface area contributed by atoms with E-state index in [-0.39, 0.29) is 23.6 Å². The van der Waals surface area contributed by atoms with Crippen LogP contribution in [0, 0.1) is 5.92 Å². The quantitative estimate of drug-likeness (QED) is 0.554. The maximum Gasteiger partial charge on any atom is 0.477 e. The average Bonchev–Trinajstić information content (AvgIpc) is 2.48. The van der Waals surface area contributed by atoms with E-state index in [0.717, 1.165) is 0 Å². The predicted molar refractivity (Wildman–Crippen MR) is 72.3 cm³/mol. The molecule has 1 aliphatic carbocycles. The van der Waals surface area contributed by atoms with Crippen molar-refractivity contribution < 1.29 is 9.31 Å². The number of alkyl halides is 1. The van der Waals surface area contributed by atoms with Gasteiger partial charge in [-0.05, 0) is 46.5 Å². The van der Waals surface area contributed by atoms with E-state index in [4.69, 9.17) is 20.9 Å². The van der Waals surface area contributed by atoms with Crippen molar-refractivity contribution in [3.8, 4) is 0 Å². The maximum atomic E-state index is 6.57. The van der Waals surface area contributed by atoms with E-state index in [2.05, 4.69) is 27.7 Å². The zero-order valence-corrected chi connectivity index (χ0v) is 12.2. The van der Waals surface area contributed by atoms with Crippen LogP contribution in [0.25, 0.3) is 0 Å². The molecule has 0 bridgehead atoms. The monoisotopic (exact) mass is 258 g/mol. The Labute approximate surface area is 111 Å². The van der Waals surface area contributed by atoms with Gasteiger partial charge in [-0.1, -0.05) is 19.3 Å². The zero-order chi connectivity index (χ0) is 12.7. The van der Waals surface area contributed by atoms with Crippen molar-refractivity contribution >= 4 is 18.7 Å². The Morgan fingerprint density at radius 3 is 1.94 bits per heavy atom. The molecule has 0 aromatic carbocycles. The molecule has 0 aromatic heterocycles. The molecule has 1 atom stereocenters. The summed E-state index contributed by atoms with van der Waals surface area (Å²) in [4.78, 5) is 0. The van der Waals surface area contributed by atoms with Crippen LogP contribution in [0.2, 0.25) is 0 Å². The Bertz CT molecular complexity index is 259. The average molecular weight is 259 g/mol. The molecule has 98 valence electrons. The molecule has 0 aromatic rings. The lowest BCUT2D eigenvalue weighted by atomic mass is 9.71. The van der Waals surface area contributed by atoms with Gasteiger partial charge in [-0.25, -0.2) is 0 Å². The third kappa shape index (κ3) is 2.67. The second-order valence-electron chi connectivity index (χ2n) is 6.47. The lowest BCUT2D eigenvalue weighted by Crippen LogP contribution is -2.41. The molecule has 2 rings (SSSR count). The van der Waals surface area contributed by atoms with Crippen LogP contribution in [0.4, 0.5) is 0 Å². The van der Waals surface area contributed by atoms with Crippen molar-refractivity contribution in [2.75, 3.05) is 0 Å². The molecule has 1 saturated carbocycles. The summed E-state index contributed by atoms with van der Waals surface area (Å²) < 4.78 is 12.0. The third-order valence-electron chi connectivity index (χ3n) is 4.63. The van der Waals surface area contributed by atoms with Gasteiger partial charge in [-0.2, -0.15) is 0 Å². The molecule has 0 spiro atoms. The van der Waals surface area contributed by atoms with E-state index >= 15 is 0 Å². The van der Waals surface area contributed by atoms with E-state index in [1.807, 2.05) is 0 Å². The van der Waals surface area contributed by atoms with E-state index in [1.54, 1.807) is 0 Å². The molecule has 1 aliphatic heterocycles. The highest BCUT2D eigenvalue weighted by Crippen LogP contribution is 2.41. The van der Waals surface area contributed by atoms with Gasteiger partial charge in [-0.15, -0.1) is 11.6 Å². The third-order valence-corrected chi connectivity index (χ3v) is 5.19. The highest BCUT2D eigenvalue weighted by Gasteiger charge is 2.54. The fourth-order valence-electron chi connectivity index (χ4n) is 2.69. The first-order valence-corrected chi connectivity index (χ1v) is 7.27. The van der Waals surface area contributed by atoms with Crippen LogP contribution in [0.3, 0.4) is 0 Å². The molecule has 1 unspecified atom stereocenters. The van der Waals surface area contributed by atoms with Crippen molar-refractivity contribution in [1.29, 1.82) is 0 Å². The summed E-state index contributed by atoms with van der Waals surface area (Å²) in [5, 5.41) is -0.00338. The molecule has 17 heavy (non-hydrogen) atoms. The minimum Gasteiger partial charge on any atom is -0.402 e. The minimum atomic E-state index is -0.264. The van der Waals surface area contributed by atoms with E-state index in [1.165, 1.54) is 32.1 Å². The molecule has 4 heteroatoms. The van der Waals surface area contributed by atoms with Gasteiger partial charge in [0.05, 0.1) is 16.5 Å². The zero-order valence-electron chi connectivity index (χ0n) is 11.5. The largest absolute Gasteiger partial charge is 0.477 e. The van der Waals surface area contributed by atoms with Gasteiger partial charge in [0.15, 0.2) is 0 Å². The first-order chi connectivity index (χ1) is 7.83. The van der Waals surface area contributed by atoms with Gasteiger partial charge < -0.3 is 9.31 Å². The Kier molecular flexibility index (Phi) is 3.83. The normalized spacial score (nSPS) is 30.5. The molecule has 2 aliphatic rings. The van der Waals surface area contributed by atoms with Crippen molar-refractivity contribution in [3.05, 3.63) is 0 Å². The summed E-state index contributed by atoms with van der Waals surface area (Å²) in [7, 11) is -0.246. The van der Waals surface area contributed by atoms with Crippen LogP contribution >= 0.6 is 11.6 Å². The van der Waals surface area contributed by atoms with Crippen LogP contribution in [-0.4, -0.2) is 23.6 Å². The molecule has 1 heterocycles. The summed E-state index contributed by atoms with van der Waals surface area (Å²) in [5.41, 5.74) is -0.529. The Balaban J connectivity index is 1.99. The van der Waals surface area contributed by atoms with Crippen LogP contribution in [0.5, 0.6) is 0 Å². The second kappa shape index (κ2) is 4.75. The molecule has 0 N–H and O–H groups in total. The first kappa shape index (κ1) is 13.7. The summed E-state index contributed by atoms with van der Waals surface area (Å²) >= 11 is 6.57. The Hall–Kier alpha value is 0.275. The molecule has 0 amide bonds. The van der Waals surface area contributed by atoms with Gasteiger partial charge in [0, 0.05) is 0 Å². The van der Waals surface area contributed by atoms with E-state index in [9.17, 15) is 0 Å². The Morgan fingerprint density at radius 1 is 1.00 bits per heavy atom. The van der Waals surface area contributed by atoms with Gasteiger partial charge >= 0.3 is 7.12 Å².